The number of hydrogen-bond acceptors (Lipinski definition) is 3. The predicted octanol–water partition coefficient (Wildman–Crippen LogP) is 9.74. The minimum Gasteiger partial charge on any atom is -0.464 e. The molecular formula is C31H45F6NO3. The standard InChI is InChI=1S/C31H45F6NO3/c1-2-3-4-5-6-7-8-9-10-11-12-13-14-15-16-22-41-29(40)27-18-17-21-38(27)28(39)25-23-24(30(32,33)34)19-20-26(25)31(35,36)37/h19-20,23,27H,2-18,21-22H2,1H3. The summed E-state index contributed by atoms with van der Waals surface area (Å²) in [7, 11) is 0. The van der Waals surface area contributed by atoms with Crippen molar-refractivity contribution in [3.63, 3.8) is 0 Å². The number of nitrogens with zero attached hydrogens (tertiary/aromatic N) is 1. The van der Waals surface area contributed by atoms with E-state index in [2.05, 4.69) is 6.92 Å². The average Bonchev–Trinajstić information content (AvgIpc) is 3.41. The monoisotopic (exact) mass is 593 g/mol. The van der Waals surface area contributed by atoms with Crippen LogP contribution in [0.25, 0.3) is 0 Å². The molecular weight excluding hydrogens is 548 g/mol. The second-order valence-electron chi connectivity index (χ2n) is 11.0. The van der Waals surface area contributed by atoms with Crippen LogP contribution < -0.4 is 0 Å². The first-order valence-electron chi connectivity index (χ1n) is 15.2. The van der Waals surface area contributed by atoms with E-state index in [1.165, 1.54) is 70.6 Å². The third-order valence-corrected chi connectivity index (χ3v) is 7.66. The topological polar surface area (TPSA) is 46.6 Å². The summed E-state index contributed by atoms with van der Waals surface area (Å²) in [5, 5.41) is 0. The van der Waals surface area contributed by atoms with Crippen LogP contribution in [-0.2, 0) is 21.9 Å². The van der Waals surface area contributed by atoms with Gasteiger partial charge in [-0.2, -0.15) is 26.3 Å². The third-order valence-electron chi connectivity index (χ3n) is 7.66. The molecule has 1 fully saturated rings. The van der Waals surface area contributed by atoms with Crippen LogP contribution in [0.2, 0.25) is 0 Å². The molecule has 1 aliphatic heterocycles. The van der Waals surface area contributed by atoms with Crippen LogP contribution in [0.3, 0.4) is 0 Å². The maximum absolute atomic E-state index is 13.5. The normalized spacial score (nSPS) is 15.9. The van der Waals surface area contributed by atoms with Crippen molar-refractivity contribution in [2.24, 2.45) is 0 Å². The van der Waals surface area contributed by atoms with E-state index in [4.69, 9.17) is 4.74 Å². The second-order valence-corrected chi connectivity index (χ2v) is 11.0. The van der Waals surface area contributed by atoms with Gasteiger partial charge in [0.15, 0.2) is 0 Å². The summed E-state index contributed by atoms with van der Waals surface area (Å²) in [5.74, 6) is -1.99. The summed E-state index contributed by atoms with van der Waals surface area (Å²) in [5.41, 5.74) is -3.94. The molecule has 2 rings (SSSR count). The molecule has 234 valence electrons. The van der Waals surface area contributed by atoms with E-state index in [0.29, 0.717) is 18.9 Å². The Morgan fingerprint density at radius 1 is 0.780 bits per heavy atom. The van der Waals surface area contributed by atoms with Crippen LogP contribution in [0.15, 0.2) is 18.2 Å². The van der Waals surface area contributed by atoms with Gasteiger partial charge in [-0.25, -0.2) is 4.79 Å². The fourth-order valence-electron chi connectivity index (χ4n) is 5.30. The molecule has 1 heterocycles. The fourth-order valence-corrected chi connectivity index (χ4v) is 5.30. The molecule has 10 heteroatoms. The molecule has 1 amide bonds. The first-order valence-corrected chi connectivity index (χ1v) is 15.2. The van der Waals surface area contributed by atoms with E-state index in [1.807, 2.05) is 0 Å². The van der Waals surface area contributed by atoms with E-state index in [9.17, 15) is 35.9 Å². The number of hydrogen-bond donors (Lipinski definition) is 0. The highest BCUT2D eigenvalue weighted by molar-refractivity contribution is 5.98. The summed E-state index contributed by atoms with van der Waals surface area (Å²) < 4.78 is 85.2. The van der Waals surface area contributed by atoms with Gasteiger partial charge in [0.25, 0.3) is 5.91 Å². The van der Waals surface area contributed by atoms with Crippen molar-refractivity contribution in [2.75, 3.05) is 13.2 Å². The predicted molar refractivity (Wildman–Crippen MR) is 146 cm³/mol. The van der Waals surface area contributed by atoms with Crippen LogP contribution in [-0.4, -0.2) is 36.0 Å². The fraction of sp³-hybridized carbons (Fsp3) is 0.742. The number of alkyl halides is 6. The summed E-state index contributed by atoms with van der Waals surface area (Å²) in [4.78, 5) is 26.5. The lowest BCUT2D eigenvalue weighted by Crippen LogP contribution is -2.42. The number of ether oxygens (including phenoxy) is 1. The molecule has 0 spiro atoms. The first kappa shape index (κ1) is 34.9. The van der Waals surface area contributed by atoms with Crippen molar-refractivity contribution in [1.82, 2.24) is 4.90 Å². The minimum absolute atomic E-state index is 0.0366. The summed E-state index contributed by atoms with van der Waals surface area (Å²) in [6.07, 6.45) is 8.43. The molecule has 1 aromatic rings. The highest BCUT2D eigenvalue weighted by Crippen LogP contribution is 2.37. The summed E-state index contributed by atoms with van der Waals surface area (Å²) in [6, 6.07) is -0.348. The minimum atomic E-state index is -5.03. The van der Waals surface area contributed by atoms with Gasteiger partial charge in [0.2, 0.25) is 0 Å². The van der Waals surface area contributed by atoms with Crippen LogP contribution >= 0.6 is 0 Å². The lowest BCUT2D eigenvalue weighted by Gasteiger charge is -2.25. The number of carbonyl (C=O) groups is 2. The maximum atomic E-state index is 13.5. The molecule has 0 bridgehead atoms. The molecule has 1 atom stereocenters. The molecule has 4 nitrogen and oxygen atoms in total. The van der Waals surface area contributed by atoms with Crippen molar-refractivity contribution in [3.05, 3.63) is 34.9 Å². The largest absolute Gasteiger partial charge is 0.464 e. The van der Waals surface area contributed by atoms with Gasteiger partial charge in [-0.15, -0.1) is 0 Å². The van der Waals surface area contributed by atoms with E-state index in [0.717, 1.165) is 24.2 Å². The van der Waals surface area contributed by atoms with E-state index < -0.39 is 47.0 Å². The molecule has 0 radical (unpaired) electrons. The SMILES string of the molecule is CCCCCCCCCCCCCCCCCOC(=O)C1CCCN1C(=O)c1cc(C(F)(F)F)ccc1C(F)(F)F. The molecule has 1 aliphatic rings. The van der Waals surface area contributed by atoms with Crippen molar-refractivity contribution in [2.45, 2.75) is 134 Å². The highest BCUT2D eigenvalue weighted by atomic mass is 19.4. The van der Waals surface area contributed by atoms with E-state index in [1.54, 1.807) is 0 Å². The molecule has 1 aromatic carbocycles. The molecule has 0 saturated carbocycles. The van der Waals surface area contributed by atoms with Gasteiger partial charge in [0.1, 0.15) is 6.04 Å². The lowest BCUT2D eigenvalue weighted by molar-refractivity contribution is -0.148. The maximum Gasteiger partial charge on any atom is 0.417 e. The lowest BCUT2D eigenvalue weighted by atomic mass is 10.0. The van der Waals surface area contributed by atoms with Gasteiger partial charge in [0, 0.05) is 6.54 Å². The quantitative estimate of drug-likeness (QED) is 0.0967. The molecule has 1 unspecified atom stereocenters. The number of benzene rings is 1. The Morgan fingerprint density at radius 2 is 1.29 bits per heavy atom. The first-order chi connectivity index (χ1) is 19.5. The van der Waals surface area contributed by atoms with Gasteiger partial charge in [-0.05, 0) is 37.5 Å². The highest BCUT2D eigenvalue weighted by Gasteiger charge is 2.42. The zero-order valence-corrected chi connectivity index (χ0v) is 24.2. The third kappa shape index (κ3) is 12.2. The molecule has 0 N–H and O–H groups in total. The summed E-state index contributed by atoms with van der Waals surface area (Å²) in [6.45, 7) is 2.32. The van der Waals surface area contributed by atoms with E-state index >= 15 is 0 Å². The number of carbonyl (C=O) groups excluding carboxylic acids is 2. The van der Waals surface area contributed by atoms with Gasteiger partial charge in [-0.1, -0.05) is 96.8 Å². The van der Waals surface area contributed by atoms with Crippen LogP contribution in [0.5, 0.6) is 0 Å². The number of likely N-dealkylation sites (tertiary alicyclic amines) is 1. The van der Waals surface area contributed by atoms with Gasteiger partial charge in [0.05, 0.1) is 23.3 Å². The average molecular weight is 594 g/mol. The van der Waals surface area contributed by atoms with Gasteiger partial charge in [-0.3, -0.25) is 4.79 Å². The molecule has 0 aromatic heterocycles. The van der Waals surface area contributed by atoms with Crippen LogP contribution in [0.1, 0.15) is 138 Å². The number of halogens is 6. The zero-order valence-electron chi connectivity index (χ0n) is 24.2. The van der Waals surface area contributed by atoms with Gasteiger partial charge >= 0.3 is 18.3 Å². The zero-order chi connectivity index (χ0) is 30.3. The number of unbranched alkanes of at least 4 members (excludes halogenated alkanes) is 14. The Labute approximate surface area is 240 Å². The molecule has 0 aliphatic carbocycles. The summed E-state index contributed by atoms with van der Waals surface area (Å²) >= 11 is 0. The van der Waals surface area contributed by atoms with Crippen LogP contribution in [0.4, 0.5) is 26.3 Å². The molecule has 41 heavy (non-hydrogen) atoms. The number of esters is 1. The molecule has 1 saturated heterocycles. The Bertz CT molecular complexity index is 931. The Kier molecular flexibility index (Phi) is 15.0. The van der Waals surface area contributed by atoms with Crippen molar-refractivity contribution >= 4 is 11.9 Å². The second kappa shape index (κ2) is 17.6. The Hall–Kier alpha value is -2.26. The smallest absolute Gasteiger partial charge is 0.417 e. The number of amides is 1. The Balaban J connectivity index is 1.70. The Morgan fingerprint density at radius 3 is 1.78 bits per heavy atom. The van der Waals surface area contributed by atoms with Crippen LogP contribution in [0, 0.1) is 0 Å². The van der Waals surface area contributed by atoms with Crippen molar-refractivity contribution in [3.8, 4) is 0 Å². The number of rotatable bonds is 18. The van der Waals surface area contributed by atoms with E-state index in [-0.39, 0.29) is 31.7 Å². The van der Waals surface area contributed by atoms with Crippen molar-refractivity contribution in [1.29, 1.82) is 0 Å². The van der Waals surface area contributed by atoms with Gasteiger partial charge < -0.3 is 9.64 Å². The van der Waals surface area contributed by atoms with Crippen molar-refractivity contribution < 1.29 is 40.7 Å².